The number of rotatable bonds is 2. The summed E-state index contributed by atoms with van der Waals surface area (Å²) in [5.41, 5.74) is 0. The van der Waals surface area contributed by atoms with Gasteiger partial charge in [-0.05, 0) is 50.1 Å². The van der Waals surface area contributed by atoms with Crippen molar-refractivity contribution in [1.29, 1.82) is 0 Å². The second kappa shape index (κ2) is 5.97. The molecular weight excluding hydrogens is 303 g/mol. The molecule has 2 heterocycles. The second-order valence-corrected chi connectivity index (χ2v) is 7.01. The Labute approximate surface area is 124 Å². The molecule has 0 amide bonds. The maximum Gasteiger partial charge on any atom is 0.243 e. The molecule has 4 nitrogen and oxygen atoms in total. The number of nitrogens with zero attached hydrogens (tertiary/aromatic N) is 1. The fraction of sp³-hybridized carbons (Fsp3) is 0.538. The van der Waals surface area contributed by atoms with Crippen LogP contribution in [0.4, 0.5) is 4.39 Å². The van der Waals surface area contributed by atoms with Gasteiger partial charge in [-0.3, -0.25) is 0 Å². The van der Waals surface area contributed by atoms with Gasteiger partial charge in [0.15, 0.2) is 0 Å². The van der Waals surface area contributed by atoms with E-state index in [1.54, 1.807) is 4.31 Å². The van der Waals surface area contributed by atoms with Crippen LogP contribution in [0.25, 0.3) is 0 Å². The third-order valence-electron chi connectivity index (χ3n) is 3.98. The van der Waals surface area contributed by atoms with Crippen LogP contribution in [0.5, 0.6) is 0 Å². The lowest BCUT2D eigenvalue weighted by molar-refractivity contribution is 0.334. The van der Waals surface area contributed by atoms with Gasteiger partial charge in [0, 0.05) is 18.6 Å². The number of halogens is 2. The van der Waals surface area contributed by atoms with Gasteiger partial charge in [0.2, 0.25) is 10.0 Å². The van der Waals surface area contributed by atoms with E-state index in [-0.39, 0.29) is 29.4 Å². The van der Waals surface area contributed by atoms with Gasteiger partial charge in [0.1, 0.15) is 5.82 Å². The standard InChI is InChI=1S/C13H17FN2O2S.ClH/c14-10-1-5-13(6-2-10)19(17,18)16-11-3-4-12(16)9-15-8-7-11;/h1-2,5-6,11-12,15H,3-4,7-9H2;1H. The van der Waals surface area contributed by atoms with Crippen molar-refractivity contribution in [1.82, 2.24) is 9.62 Å². The smallest absolute Gasteiger partial charge is 0.243 e. The van der Waals surface area contributed by atoms with Gasteiger partial charge in [0.05, 0.1) is 4.90 Å². The first kappa shape index (κ1) is 15.7. The minimum Gasteiger partial charge on any atom is -0.315 e. The zero-order valence-electron chi connectivity index (χ0n) is 11.0. The van der Waals surface area contributed by atoms with E-state index < -0.39 is 15.8 Å². The van der Waals surface area contributed by atoms with Crippen LogP contribution in [-0.2, 0) is 10.0 Å². The molecule has 3 rings (SSSR count). The van der Waals surface area contributed by atoms with Crippen LogP contribution in [0, 0.1) is 5.82 Å². The predicted octanol–water partition coefficient (Wildman–Crippen LogP) is 1.76. The summed E-state index contributed by atoms with van der Waals surface area (Å²) >= 11 is 0. The SMILES string of the molecule is Cl.O=S(=O)(c1ccc(F)cc1)N1C2CCNCC1CC2. The molecule has 2 aliphatic rings. The normalized spacial score (nSPS) is 26.9. The van der Waals surface area contributed by atoms with Gasteiger partial charge < -0.3 is 5.32 Å². The quantitative estimate of drug-likeness (QED) is 0.903. The van der Waals surface area contributed by atoms with Crippen molar-refractivity contribution >= 4 is 22.4 Å². The minimum atomic E-state index is -3.51. The first-order valence-corrected chi connectivity index (χ1v) is 8.03. The summed E-state index contributed by atoms with van der Waals surface area (Å²) in [6.07, 6.45) is 2.67. The molecule has 7 heteroatoms. The number of fused-ring (bicyclic) bond motifs is 2. The molecule has 1 aromatic carbocycles. The molecule has 0 aliphatic carbocycles. The lowest BCUT2D eigenvalue weighted by atomic mass is 10.1. The highest BCUT2D eigenvalue weighted by atomic mass is 35.5. The van der Waals surface area contributed by atoms with E-state index in [0.29, 0.717) is 6.54 Å². The zero-order chi connectivity index (χ0) is 13.5. The van der Waals surface area contributed by atoms with Gasteiger partial charge >= 0.3 is 0 Å². The number of hydrogen-bond acceptors (Lipinski definition) is 3. The van der Waals surface area contributed by atoms with Crippen molar-refractivity contribution in [3.63, 3.8) is 0 Å². The van der Waals surface area contributed by atoms with Crippen molar-refractivity contribution in [2.24, 2.45) is 0 Å². The van der Waals surface area contributed by atoms with Crippen LogP contribution < -0.4 is 5.32 Å². The van der Waals surface area contributed by atoms with Crippen molar-refractivity contribution in [3.8, 4) is 0 Å². The van der Waals surface area contributed by atoms with Gasteiger partial charge in [0.25, 0.3) is 0 Å². The van der Waals surface area contributed by atoms with E-state index in [1.807, 2.05) is 0 Å². The lowest BCUT2D eigenvalue weighted by Gasteiger charge is -2.26. The average molecular weight is 321 g/mol. The van der Waals surface area contributed by atoms with Crippen molar-refractivity contribution < 1.29 is 12.8 Å². The second-order valence-electron chi connectivity index (χ2n) is 5.17. The molecule has 0 saturated carbocycles. The Morgan fingerprint density at radius 1 is 1.10 bits per heavy atom. The number of benzene rings is 1. The van der Waals surface area contributed by atoms with Gasteiger partial charge in [-0.25, -0.2) is 12.8 Å². The summed E-state index contributed by atoms with van der Waals surface area (Å²) in [6, 6.07) is 5.21. The Morgan fingerprint density at radius 2 is 1.75 bits per heavy atom. The molecule has 1 N–H and O–H groups in total. The molecule has 2 bridgehead atoms. The summed E-state index contributed by atoms with van der Waals surface area (Å²) in [7, 11) is -3.51. The van der Waals surface area contributed by atoms with Crippen LogP contribution in [0.2, 0.25) is 0 Å². The van der Waals surface area contributed by atoms with Crippen LogP contribution in [0.3, 0.4) is 0 Å². The summed E-state index contributed by atoms with van der Waals surface area (Å²) in [4.78, 5) is 0.188. The zero-order valence-corrected chi connectivity index (χ0v) is 12.6. The highest BCUT2D eigenvalue weighted by molar-refractivity contribution is 7.89. The highest BCUT2D eigenvalue weighted by Gasteiger charge is 2.42. The average Bonchev–Trinajstić information content (AvgIpc) is 2.64. The largest absolute Gasteiger partial charge is 0.315 e. The molecule has 20 heavy (non-hydrogen) atoms. The van der Waals surface area contributed by atoms with Gasteiger partial charge in [-0.2, -0.15) is 4.31 Å². The minimum absolute atomic E-state index is 0. The number of sulfonamides is 1. The van der Waals surface area contributed by atoms with Crippen LogP contribution in [0.1, 0.15) is 19.3 Å². The lowest BCUT2D eigenvalue weighted by Crippen LogP contribution is -2.42. The van der Waals surface area contributed by atoms with Crippen LogP contribution in [0.15, 0.2) is 29.2 Å². The summed E-state index contributed by atoms with van der Waals surface area (Å²) in [5, 5.41) is 3.28. The van der Waals surface area contributed by atoms with E-state index in [0.717, 1.165) is 25.8 Å². The molecule has 2 fully saturated rings. The monoisotopic (exact) mass is 320 g/mol. The molecule has 0 aromatic heterocycles. The van der Waals surface area contributed by atoms with Crippen LogP contribution in [-0.4, -0.2) is 37.9 Å². The molecule has 2 unspecified atom stereocenters. The van der Waals surface area contributed by atoms with E-state index >= 15 is 0 Å². The Kier molecular flexibility index (Phi) is 4.69. The predicted molar refractivity (Wildman–Crippen MR) is 77.0 cm³/mol. The van der Waals surface area contributed by atoms with E-state index in [1.165, 1.54) is 24.3 Å². The Balaban J connectivity index is 0.00000147. The summed E-state index contributed by atoms with van der Waals surface area (Å²) in [6.45, 7) is 1.56. The topological polar surface area (TPSA) is 49.4 Å². The fourth-order valence-electron chi connectivity index (χ4n) is 3.06. The maximum atomic E-state index is 12.9. The molecule has 1 aromatic rings. The third-order valence-corrected chi connectivity index (χ3v) is 6.00. The van der Waals surface area contributed by atoms with Gasteiger partial charge in [-0.15, -0.1) is 12.4 Å². The Morgan fingerprint density at radius 3 is 2.45 bits per heavy atom. The van der Waals surface area contributed by atoms with Crippen molar-refractivity contribution in [2.45, 2.75) is 36.2 Å². The number of nitrogens with one attached hydrogen (secondary N) is 1. The molecule has 2 aliphatic heterocycles. The maximum absolute atomic E-state index is 12.9. The number of hydrogen-bond donors (Lipinski definition) is 1. The molecule has 0 spiro atoms. The molecule has 0 radical (unpaired) electrons. The fourth-order valence-corrected chi connectivity index (χ4v) is 4.96. The Hall–Kier alpha value is -0.690. The molecule has 2 saturated heterocycles. The first-order chi connectivity index (χ1) is 9.09. The molecular formula is C13H18ClFN2O2S. The van der Waals surface area contributed by atoms with Crippen LogP contribution >= 0.6 is 12.4 Å². The molecule has 112 valence electrons. The summed E-state index contributed by atoms with van der Waals surface area (Å²) < 4.78 is 39.9. The first-order valence-electron chi connectivity index (χ1n) is 6.59. The van der Waals surface area contributed by atoms with E-state index in [4.69, 9.17) is 0 Å². The van der Waals surface area contributed by atoms with E-state index in [2.05, 4.69) is 5.32 Å². The van der Waals surface area contributed by atoms with Crippen molar-refractivity contribution in [2.75, 3.05) is 13.1 Å². The third kappa shape index (κ3) is 2.70. The summed E-state index contributed by atoms with van der Waals surface area (Å²) in [5.74, 6) is -0.417. The van der Waals surface area contributed by atoms with Crippen molar-refractivity contribution in [3.05, 3.63) is 30.1 Å². The molecule has 2 atom stereocenters. The van der Waals surface area contributed by atoms with E-state index in [9.17, 15) is 12.8 Å². The Bertz CT molecular complexity index is 550. The van der Waals surface area contributed by atoms with Gasteiger partial charge in [-0.1, -0.05) is 0 Å². The highest BCUT2D eigenvalue weighted by Crippen LogP contribution is 2.33.